The minimum atomic E-state index is 0.281. The van der Waals surface area contributed by atoms with E-state index in [1.165, 1.54) is 0 Å². The van der Waals surface area contributed by atoms with Crippen LogP contribution < -0.4 is 4.74 Å². The standard InChI is InChI=1S/C15H12N4O2/c1-21-13-4-2-3-12(9-13)19-15(14(10-20)17-18-19)11-5-7-16-8-6-11/h2-10H,1H3. The Balaban J connectivity index is 2.20. The molecule has 0 aliphatic rings. The first kappa shape index (κ1) is 13.0. The van der Waals surface area contributed by atoms with Gasteiger partial charge in [0.05, 0.1) is 12.8 Å². The van der Waals surface area contributed by atoms with Crippen molar-refractivity contribution in [2.75, 3.05) is 7.11 Å². The molecule has 21 heavy (non-hydrogen) atoms. The molecule has 0 N–H and O–H groups in total. The lowest BCUT2D eigenvalue weighted by molar-refractivity contribution is 0.111. The number of carbonyl (C=O) groups is 1. The summed E-state index contributed by atoms with van der Waals surface area (Å²) in [6.07, 6.45) is 4.01. The van der Waals surface area contributed by atoms with Crippen LogP contribution in [0.4, 0.5) is 0 Å². The van der Waals surface area contributed by atoms with Gasteiger partial charge in [-0.25, -0.2) is 4.68 Å². The quantitative estimate of drug-likeness (QED) is 0.685. The van der Waals surface area contributed by atoms with Gasteiger partial charge in [0, 0.05) is 24.0 Å². The Kier molecular flexibility index (Phi) is 3.42. The summed E-state index contributed by atoms with van der Waals surface area (Å²) in [6, 6.07) is 11.0. The van der Waals surface area contributed by atoms with Crippen LogP contribution in [-0.4, -0.2) is 33.4 Å². The van der Waals surface area contributed by atoms with Crippen LogP contribution in [0, 0.1) is 0 Å². The predicted molar refractivity (Wildman–Crippen MR) is 76.5 cm³/mol. The van der Waals surface area contributed by atoms with Gasteiger partial charge in [0.2, 0.25) is 0 Å². The molecule has 104 valence electrons. The lowest BCUT2D eigenvalue weighted by atomic mass is 10.1. The van der Waals surface area contributed by atoms with Gasteiger partial charge in [-0.1, -0.05) is 11.3 Å². The molecule has 1 aromatic carbocycles. The number of carbonyl (C=O) groups excluding carboxylic acids is 1. The average Bonchev–Trinajstić information content (AvgIpc) is 2.99. The zero-order chi connectivity index (χ0) is 14.7. The van der Waals surface area contributed by atoms with Crippen LogP contribution in [-0.2, 0) is 0 Å². The molecule has 0 amide bonds. The van der Waals surface area contributed by atoms with Crippen LogP contribution in [0.1, 0.15) is 10.5 Å². The van der Waals surface area contributed by atoms with Crippen molar-refractivity contribution in [1.82, 2.24) is 20.0 Å². The molecule has 2 aromatic heterocycles. The minimum absolute atomic E-state index is 0.281. The first-order chi connectivity index (χ1) is 10.3. The molecular formula is C15H12N4O2. The number of rotatable bonds is 4. The average molecular weight is 280 g/mol. The zero-order valence-electron chi connectivity index (χ0n) is 11.3. The molecule has 0 radical (unpaired) electrons. The van der Waals surface area contributed by atoms with Crippen LogP contribution in [0.15, 0.2) is 48.8 Å². The van der Waals surface area contributed by atoms with Crippen LogP contribution >= 0.6 is 0 Å². The van der Waals surface area contributed by atoms with Crippen LogP contribution in [0.2, 0.25) is 0 Å². The topological polar surface area (TPSA) is 69.9 Å². The molecule has 0 spiro atoms. The Hall–Kier alpha value is -3.02. The Morgan fingerprint density at radius 2 is 2.00 bits per heavy atom. The van der Waals surface area contributed by atoms with Gasteiger partial charge in [-0.3, -0.25) is 9.78 Å². The minimum Gasteiger partial charge on any atom is -0.497 e. The molecule has 0 saturated carbocycles. The first-order valence-electron chi connectivity index (χ1n) is 6.29. The Morgan fingerprint density at radius 3 is 2.71 bits per heavy atom. The third-order valence-corrected chi connectivity index (χ3v) is 3.06. The first-order valence-corrected chi connectivity index (χ1v) is 6.29. The third kappa shape index (κ3) is 2.38. The highest BCUT2D eigenvalue weighted by Gasteiger charge is 2.16. The molecule has 0 aliphatic heterocycles. The fourth-order valence-corrected chi connectivity index (χ4v) is 2.08. The van der Waals surface area contributed by atoms with Crippen LogP contribution in [0.3, 0.4) is 0 Å². The number of ether oxygens (including phenoxy) is 1. The van der Waals surface area contributed by atoms with E-state index in [-0.39, 0.29) is 5.69 Å². The van der Waals surface area contributed by atoms with Gasteiger partial charge in [0.15, 0.2) is 12.0 Å². The number of aldehydes is 1. The van der Waals surface area contributed by atoms with Gasteiger partial charge in [-0.15, -0.1) is 5.10 Å². The van der Waals surface area contributed by atoms with Gasteiger partial charge in [0.25, 0.3) is 0 Å². The number of benzene rings is 1. The summed E-state index contributed by atoms with van der Waals surface area (Å²) in [6.45, 7) is 0. The molecule has 2 heterocycles. The zero-order valence-corrected chi connectivity index (χ0v) is 11.3. The van der Waals surface area contributed by atoms with E-state index in [0.29, 0.717) is 17.7 Å². The van der Waals surface area contributed by atoms with E-state index < -0.39 is 0 Å². The van der Waals surface area contributed by atoms with Crippen molar-refractivity contribution in [3.63, 3.8) is 0 Å². The van der Waals surface area contributed by atoms with E-state index in [1.54, 1.807) is 24.2 Å². The van der Waals surface area contributed by atoms with Crippen molar-refractivity contribution in [3.05, 3.63) is 54.5 Å². The van der Waals surface area contributed by atoms with Crippen molar-refractivity contribution in [3.8, 4) is 22.7 Å². The number of pyridine rings is 1. The molecule has 0 fully saturated rings. The fraction of sp³-hybridized carbons (Fsp3) is 0.0667. The maximum atomic E-state index is 11.2. The van der Waals surface area contributed by atoms with Gasteiger partial charge >= 0.3 is 0 Å². The highest BCUT2D eigenvalue weighted by Crippen LogP contribution is 2.25. The number of hydrogen-bond acceptors (Lipinski definition) is 5. The normalized spacial score (nSPS) is 10.3. The molecule has 3 aromatic rings. The van der Waals surface area contributed by atoms with Gasteiger partial charge in [0.1, 0.15) is 11.4 Å². The SMILES string of the molecule is COc1cccc(-n2nnc(C=O)c2-c2ccncc2)c1. The second kappa shape index (κ2) is 5.54. The summed E-state index contributed by atoms with van der Waals surface area (Å²) in [5.74, 6) is 0.705. The molecule has 0 bridgehead atoms. The Labute approximate surface area is 121 Å². The molecule has 0 aliphatic carbocycles. The van der Waals surface area contributed by atoms with E-state index in [1.807, 2.05) is 36.4 Å². The molecule has 0 saturated heterocycles. The highest BCUT2D eigenvalue weighted by molar-refractivity contribution is 5.83. The second-order valence-corrected chi connectivity index (χ2v) is 4.29. The van der Waals surface area contributed by atoms with Crippen molar-refractivity contribution in [2.24, 2.45) is 0 Å². The molecule has 6 heteroatoms. The number of aromatic nitrogens is 4. The Morgan fingerprint density at radius 1 is 1.19 bits per heavy atom. The number of nitrogens with zero attached hydrogens (tertiary/aromatic N) is 4. The van der Waals surface area contributed by atoms with E-state index in [4.69, 9.17) is 4.74 Å². The monoisotopic (exact) mass is 280 g/mol. The maximum absolute atomic E-state index is 11.2. The lowest BCUT2D eigenvalue weighted by Gasteiger charge is -2.08. The molecular weight excluding hydrogens is 268 g/mol. The van der Waals surface area contributed by atoms with Crippen molar-refractivity contribution in [2.45, 2.75) is 0 Å². The van der Waals surface area contributed by atoms with Crippen molar-refractivity contribution >= 4 is 6.29 Å². The number of hydrogen-bond donors (Lipinski definition) is 0. The van der Waals surface area contributed by atoms with Crippen LogP contribution in [0.25, 0.3) is 16.9 Å². The third-order valence-electron chi connectivity index (χ3n) is 3.06. The summed E-state index contributed by atoms with van der Waals surface area (Å²) >= 11 is 0. The summed E-state index contributed by atoms with van der Waals surface area (Å²) in [7, 11) is 1.60. The van der Waals surface area contributed by atoms with Crippen LogP contribution in [0.5, 0.6) is 5.75 Å². The summed E-state index contributed by atoms with van der Waals surface area (Å²) in [5.41, 5.74) is 2.49. The summed E-state index contributed by atoms with van der Waals surface area (Å²) in [4.78, 5) is 15.2. The van der Waals surface area contributed by atoms with E-state index >= 15 is 0 Å². The molecule has 0 atom stereocenters. The summed E-state index contributed by atoms with van der Waals surface area (Å²) in [5, 5.41) is 8.00. The number of methoxy groups -OCH3 is 1. The van der Waals surface area contributed by atoms with Crippen molar-refractivity contribution in [1.29, 1.82) is 0 Å². The smallest absolute Gasteiger partial charge is 0.172 e. The summed E-state index contributed by atoms with van der Waals surface area (Å²) < 4.78 is 6.83. The lowest BCUT2D eigenvalue weighted by Crippen LogP contribution is -2.00. The van der Waals surface area contributed by atoms with Crippen molar-refractivity contribution < 1.29 is 9.53 Å². The van der Waals surface area contributed by atoms with E-state index in [0.717, 1.165) is 11.3 Å². The highest BCUT2D eigenvalue weighted by atomic mass is 16.5. The second-order valence-electron chi connectivity index (χ2n) is 4.29. The largest absolute Gasteiger partial charge is 0.497 e. The fourth-order valence-electron chi connectivity index (χ4n) is 2.08. The predicted octanol–water partition coefficient (Wildman–Crippen LogP) is 2.15. The molecule has 0 unspecified atom stereocenters. The Bertz CT molecular complexity index is 768. The van der Waals surface area contributed by atoms with Gasteiger partial charge in [-0.2, -0.15) is 0 Å². The van der Waals surface area contributed by atoms with E-state index in [2.05, 4.69) is 15.3 Å². The maximum Gasteiger partial charge on any atom is 0.172 e. The van der Waals surface area contributed by atoms with E-state index in [9.17, 15) is 4.79 Å². The molecule has 3 rings (SSSR count). The van der Waals surface area contributed by atoms with Gasteiger partial charge in [-0.05, 0) is 24.3 Å². The van der Waals surface area contributed by atoms with Gasteiger partial charge < -0.3 is 4.74 Å². The molecule has 6 nitrogen and oxygen atoms in total.